The van der Waals surface area contributed by atoms with Gasteiger partial charge in [-0.1, -0.05) is 6.92 Å². The van der Waals surface area contributed by atoms with Gasteiger partial charge in [-0.15, -0.1) is 0 Å². The maximum Gasteiger partial charge on any atom is 0.274 e. The number of halogens is 1. The molecule has 6 nitrogen and oxygen atoms in total. The molecule has 1 aromatic carbocycles. The third-order valence-corrected chi connectivity index (χ3v) is 4.43. The molecule has 0 saturated carbocycles. The summed E-state index contributed by atoms with van der Waals surface area (Å²) in [7, 11) is 0. The lowest BCUT2D eigenvalue weighted by Crippen LogP contribution is -2.35. The summed E-state index contributed by atoms with van der Waals surface area (Å²) in [5, 5.41) is 4.15. The van der Waals surface area contributed by atoms with E-state index in [4.69, 9.17) is 5.73 Å². The highest BCUT2D eigenvalue weighted by Gasteiger charge is 2.35. The molecule has 0 aliphatic carbocycles. The average Bonchev–Trinajstić information content (AvgIpc) is 2.99. The molecule has 126 valence electrons. The molecule has 2 aromatic rings. The monoisotopic (exact) mass is 330 g/mol. The van der Waals surface area contributed by atoms with Gasteiger partial charge >= 0.3 is 0 Å². The van der Waals surface area contributed by atoms with Crippen molar-refractivity contribution in [2.75, 3.05) is 19.6 Å². The van der Waals surface area contributed by atoms with Crippen LogP contribution in [0.3, 0.4) is 0 Å². The zero-order chi connectivity index (χ0) is 17.3. The van der Waals surface area contributed by atoms with Crippen LogP contribution in [0.1, 0.15) is 23.8 Å². The first-order valence-corrected chi connectivity index (χ1v) is 7.78. The average molecular weight is 330 g/mol. The van der Waals surface area contributed by atoms with Gasteiger partial charge in [-0.2, -0.15) is 9.78 Å². The van der Waals surface area contributed by atoms with E-state index in [-0.39, 0.29) is 22.6 Å². The summed E-state index contributed by atoms with van der Waals surface area (Å²) in [5.74, 6) is -0.639. The molecule has 24 heavy (non-hydrogen) atoms. The Labute approximate surface area is 138 Å². The Kier molecular flexibility index (Phi) is 4.19. The fourth-order valence-electron chi connectivity index (χ4n) is 2.82. The number of rotatable bonds is 3. The highest BCUT2D eigenvalue weighted by Crippen LogP contribution is 2.29. The summed E-state index contributed by atoms with van der Waals surface area (Å²) < 4.78 is 14.1. The lowest BCUT2D eigenvalue weighted by Gasteiger charge is -2.22. The Bertz CT molecular complexity index is 818. The van der Waals surface area contributed by atoms with Gasteiger partial charge in [-0.05, 0) is 48.7 Å². The van der Waals surface area contributed by atoms with E-state index in [1.165, 1.54) is 36.4 Å². The number of benzene rings is 1. The molecule has 1 amide bonds. The van der Waals surface area contributed by atoms with Gasteiger partial charge in [0.2, 0.25) is 0 Å². The molecular weight excluding hydrogens is 311 g/mol. The van der Waals surface area contributed by atoms with Crippen molar-refractivity contribution in [3.8, 4) is 5.69 Å². The Morgan fingerprint density at radius 3 is 2.62 bits per heavy atom. The predicted octanol–water partition coefficient (Wildman–Crippen LogP) is 1.18. The number of hydrogen-bond acceptors (Lipinski definition) is 4. The maximum atomic E-state index is 13.0. The van der Waals surface area contributed by atoms with E-state index in [2.05, 4.69) is 5.10 Å². The molecule has 0 spiro atoms. The molecule has 1 unspecified atom stereocenters. The van der Waals surface area contributed by atoms with Crippen molar-refractivity contribution in [2.45, 2.75) is 13.3 Å². The molecule has 7 heteroatoms. The summed E-state index contributed by atoms with van der Waals surface area (Å²) in [4.78, 5) is 26.4. The molecule has 2 heterocycles. The number of likely N-dealkylation sites (tertiary alicyclic amines) is 1. The van der Waals surface area contributed by atoms with Crippen molar-refractivity contribution in [1.29, 1.82) is 0 Å². The Morgan fingerprint density at radius 2 is 2.00 bits per heavy atom. The van der Waals surface area contributed by atoms with Crippen LogP contribution in [0.5, 0.6) is 0 Å². The van der Waals surface area contributed by atoms with Gasteiger partial charge < -0.3 is 10.6 Å². The second-order valence-electron chi connectivity index (χ2n) is 6.44. The van der Waals surface area contributed by atoms with Crippen LogP contribution in [0.2, 0.25) is 0 Å². The van der Waals surface area contributed by atoms with Crippen molar-refractivity contribution >= 4 is 5.91 Å². The Hall–Kier alpha value is -2.54. The minimum absolute atomic E-state index is 0.0823. The first-order chi connectivity index (χ1) is 11.4. The van der Waals surface area contributed by atoms with Crippen LogP contribution in [-0.4, -0.2) is 40.2 Å². The second kappa shape index (κ2) is 6.16. The maximum absolute atomic E-state index is 13.0. The summed E-state index contributed by atoms with van der Waals surface area (Å²) in [6.45, 7) is 3.75. The number of carbonyl (C=O) groups is 1. The van der Waals surface area contributed by atoms with E-state index in [9.17, 15) is 14.0 Å². The van der Waals surface area contributed by atoms with Gasteiger partial charge in [0.1, 0.15) is 11.5 Å². The topological polar surface area (TPSA) is 81.2 Å². The largest absolute Gasteiger partial charge is 0.337 e. The van der Waals surface area contributed by atoms with Crippen LogP contribution in [-0.2, 0) is 0 Å². The standard InChI is InChI=1S/C17H19FN4O2/c1-17(10-19)8-9-21(11-17)16(24)14-6-7-15(23)22(20-14)13-4-2-12(18)3-5-13/h2-7H,8-11,19H2,1H3. The summed E-state index contributed by atoms with van der Waals surface area (Å²) >= 11 is 0. The van der Waals surface area contributed by atoms with Crippen molar-refractivity contribution in [1.82, 2.24) is 14.7 Å². The SMILES string of the molecule is CC1(CN)CCN(C(=O)c2ccc(=O)n(-c3ccc(F)cc3)n2)C1. The molecule has 0 bridgehead atoms. The minimum Gasteiger partial charge on any atom is -0.337 e. The van der Waals surface area contributed by atoms with E-state index >= 15 is 0 Å². The predicted molar refractivity (Wildman–Crippen MR) is 87.5 cm³/mol. The molecule has 1 aliphatic rings. The molecule has 3 rings (SSSR count). The number of nitrogens with zero attached hydrogens (tertiary/aromatic N) is 3. The zero-order valence-electron chi connectivity index (χ0n) is 13.4. The van der Waals surface area contributed by atoms with Crippen LogP contribution in [0.25, 0.3) is 5.69 Å². The molecule has 2 N–H and O–H groups in total. The first-order valence-electron chi connectivity index (χ1n) is 7.78. The highest BCUT2D eigenvalue weighted by molar-refractivity contribution is 5.92. The number of carbonyl (C=O) groups excluding carboxylic acids is 1. The van der Waals surface area contributed by atoms with Gasteiger partial charge in [-0.3, -0.25) is 9.59 Å². The Morgan fingerprint density at radius 1 is 1.29 bits per heavy atom. The zero-order valence-corrected chi connectivity index (χ0v) is 13.4. The molecule has 1 fully saturated rings. The van der Waals surface area contributed by atoms with E-state index in [0.717, 1.165) is 11.1 Å². The van der Waals surface area contributed by atoms with Crippen molar-refractivity contribution in [2.24, 2.45) is 11.1 Å². The van der Waals surface area contributed by atoms with Crippen molar-refractivity contribution in [3.05, 3.63) is 58.3 Å². The normalized spacial score (nSPS) is 20.4. The van der Waals surface area contributed by atoms with Gasteiger partial charge in [0.15, 0.2) is 0 Å². The fraction of sp³-hybridized carbons (Fsp3) is 0.353. The number of hydrogen-bond donors (Lipinski definition) is 1. The summed E-state index contributed by atoms with van der Waals surface area (Å²) in [6, 6.07) is 8.08. The van der Waals surface area contributed by atoms with Gasteiger partial charge in [-0.25, -0.2) is 4.39 Å². The first kappa shape index (κ1) is 16.3. The summed E-state index contributed by atoms with van der Waals surface area (Å²) in [6.07, 6.45) is 0.840. The van der Waals surface area contributed by atoms with Crippen LogP contribution in [0.4, 0.5) is 4.39 Å². The van der Waals surface area contributed by atoms with Gasteiger partial charge in [0.05, 0.1) is 5.69 Å². The molecule has 0 radical (unpaired) electrons. The second-order valence-corrected chi connectivity index (χ2v) is 6.44. The van der Waals surface area contributed by atoms with Crippen molar-refractivity contribution < 1.29 is 9.18 Å². The van der Waals surface area contributed by atoms with E-state index in [1.54, 1.807) is 4.90 Å². The molecule has 1 aliphatic heterocycles. The Balaban J connectivity index is 1.90. The van der Waals surface area contributed by atoms with E-state index in [1.807, 2.05) is 6.92 Å². The van der Waals surface area contributed by atoms with Crippen molar-refractivity contribution in [3.63, 3.8) is 0 Å². The van der Waals surface area contributed by atoms with Crippen LogP contribution in [0.15, 0.2) is 41.2 Å². The highest BCUT2D eigenvalue weighted by atomic mass is 19.1. The third-order valence-electron chi connectivity index (χ3n) is 4.43. The minimum atomic E-state index is -0.405. The quantitative estimate of drug-likeness (QED) is 0.916. The van der Waals surface area contributed by atoms with Crippen LogP contribution >= 0.6 is 0 Å². The third kappa shape index (κ3) is 3.07. The van der Waals surface area contributed by atoms with Crippen LogP contribution < -0.4 is 11.3 Å². The van der Waals surface area contributed by atoms with Gasteiger partial charge in [0.25, 0.3) is 11.5 Å². The molecular formula is C17H19FN4O2. The molecule has 1 atom stereocenters. The molecule has 1 aromatic heterocycles. The van der Waals surface area contributed by atoms with E-state index < -0.39 is 5.82 Å². The van der Waals surface area contributed by atoms with Gasteiger partial charge in [0, 0.05) is 19.2 Å². The molecule has 1 saturated heterocycles. The van der Waals surface area contributed by atoms with Crippen LogP contribution in [0, 0.1) is 11.2 Å². The summed E-state index contributed by atoms with van der Waals surface area (Å²) in [5.41, 5.74) is 5.89. The number of amides is 1. The smallest absolute Gasteiger partial charge is 0.274 e. The fourth-order valence-corrected chi connectivity index (χ4v) is 2.82. The lowest BCUT2D eigenvalue weighted by molar-refractivity contribution is 0.0769. The lowest BCUT2D eigenvalue weighted by atomic mass is 9.90. The number of aromatic nitrogens is 2. The number of nitrogens with two attached hydrogens (primary N) is 1. The van der Waals surface area contributed by atoms with E-state index in [0.29, 0.717) is 25.3 Å².